The van der Waals surface area contributed by atoms with Crippen molar-refractivity contribution < 1.29 is 4.79 Å². The van der Waals surface area contributed by atoms with Gasteiger partial charge in [0, 0.05) is 5.02 Å². The highest BCUT2D eigenvalue weighted by atomic mass is 35.5. The van der Waals surface area contributed by atoms with E-state index in [1.54, 1.807) is 24.3 Å². The molecule has 0 fully saturated rings. The minimum atomic E-state index is -0.522. The number of carbonyl (C=O) groups is 1. The molecule has 0 heterocycles. The molecule has 0 atom stereocenters. The maximum atomic E-state index is 11.9. The number of rotatable bonds is 2. The SMILES string of the molecule is N#Cc1ccc(NC(=O)Nc2cc(Cl)ccc2Cl)c(Cl)c1. The van der Waals surface area contributed by atoms with Gasteiger partial charge in [0.15, 0.2) is 0 Å². The average molecular weight is 341 g/mol. The molecule has 2 N–H and O–H groups in total. The van der Waals surface area contributed by atoms with Crippen LogP contribution in [0.1, 0.15) is 5.56 Å². The Labute approximate surface area is 136 Å². The smallest absolute Gasteiger partial charge is 0.306 e. The van der Waals surface area contributed by atoms with E-state index in [0.29, 0.717) is 27.0 Å². The summed E-state index contributed by atoms with van der Waals surface area (Å²) in [7, 11) is 0. The molecule has 0 aliphatic rings. The molecule has 0 saturated carbocycles. The quantitative estimate of drug-likeness (QED) is 0.792. The first-order chi connectivity index (χ1) is 9.99. The molecule has 2 rings (SSSR count). The van der Waals surface area contributed by atoms with Gasteiger partial charge in [-0.3, -0.25) is 0 Å². The number of carbonyl (C=O) groups excluding carboxylic acids is 1. The van der Waals surface area contributed by atoms with Crippen molar-refractivity contribution in [3.63, 3.8) is 0 Å². The predicted molar refractivity (Wildman–Crippen MR) is 85.3 cm³/mol. The van der Waals surface area contributed by atoms with Gasteiger partial charge in [-0.1, -0.05) is 34.8 Å². The van der Waals surface area contributed by atoms with E-state index < -0.39 is 6.03 Å². The molecular weight excluding hydrogens is 333 g/mol. The average Bonchev–Trinajstić information content (AvgIpc) is 2.45. The Morgan fingerprint density at radius 1 is 0.952 bits per heavy atom. The van der Waals surface area contributed by atoms with E-state index in [4.69, 9.17) is 40.1 Å². The molecule has 2 aromatic rings. The number of benzene rings is 2. The number of urea groups is 1. The van der Waals surface area contributed by atoms with Crippen LogP contribution in [0.15, 0.2) is 36.4 Å². The highest BCUT2D eigenvalue weighted by Crippen LogP contribution is 2.26. The molecular formula is C14H8Cl3N3O. The standard InChI is InChI=1S/C14H8Cl3N3O/c15-9-2-3-10(16)13(6-9)20-14(21)19-12-4-1-8(7-18)5-11(12)17/h1-6H,(H2,19,20,21). The molecule has 21 heavy (non-hydrogen) atoms. The van der Waals surface area contributed by atoms with Crippen LogP contribution in [0, 0.1) is 11.3 Å². The second-order valence-electron chi connectivity index (χ2n) is 4.01. The first-order valence-electron chi connectivity index (χ1n) is 5.72. The zero-order valence-electron chi connectivity index (χ0n) is 10.5. The Hall–Kier alpha value is -1.93. The van der Waals surface area contributed by atoms with Crippen LogP contribution in [0.4, 0.5) is 16.2 Å². The van der Waals surface area contributed by atoms with Crippen LogP contribution in [0.3, 0.4) is 0 Å². The van der Waals surface area contributed by atoms with Gasteiger partial charge in [0.1, 0.15) is 0 Å². The summed E-state index contributed by atoms with van der Waals surface area (Å²) in [6.45, 7) is 0. The molecule has 4 nitrogen and oxygen atoms in total. The second-order valence-corrected chi connectivity index (χ2v) is 5.26. The van der Waals surface area contributed by atoms with Crippen LogP contribution < -0.4 is 10.6 Å². The van der Waals surface area contributed by atoms with Crippen molar-refractivity contribution in [2.75, 3.05) is 10.6 Å². The zero-order chi connectivity index (χ0) is 15.4. The number of nitriles is 1. The van der Waals surface area contributed by atoms with Crippen LogP contribution in [0.5, 0.6) is 0 Å². The van der Waals surface area contributed by atoms with Crippen molar-refractivity contribution in [1.29, 1.82) is 5.26 Å². The predicted octanol–water partition coefficient (Wildman–Crippen LogP) is 5.16. The number of anilines is 2. The lowest BCUT2D eigenvalue weighted by Crippen LogP contribution is -2.19. The van der Waals surface area contributed by atoms with Gasteiger partial charge in [-0.05, 0) is 36.4 Å². The Balaban J connectivity index is 2.12. The minimum absolute atomic E-state index is 0.265. The van der Waals surface area contributed by atoms with Gasteiger partial charge in [0.2, 0.25) is 0 Å². The van der Waals surface area contributed by atoms with Gasteiger partial charge in [-0.25, -0.2) is 4.79 Å². The van der Waals surface area contributed by atoms with E-state index in [9.17, 15) is 4.79 Å². The van der Waals surface area contributed by atoms with Crippen LogP contribution in [0.2, 0.25) is 15.1 Å². The summed E-state index contributed by atoms with van der Waals surface area (Å²) < 4.78 is 0. The van der Waals surface area contributed by atoms with Gasteiger partial charge in [0.05, 0.1) is 33.1 Å². The molecule has 0 unspecified atom stereocenters. The van der Waals surface area contributed by atoms with Crippen LogP contribution in [-0.2, 0) is 0 Å². The maximum absolute atomic E-state index is 11.9. The molecule has 2 aromatic carbocycles. The van der Waals surface area contributed by atoms with Gasteiger partial charge in [0.25, 0.3) is 0 Å². The normalized spacial score (nSPS) is 9.81. The van der Waals surface area contributed by atoms with E-state index in [0.717, 1.165) is 0 Å². The fourth-order valence-electron chi connectivity index (χ4n) is 1.56. The lowest BCUT2D eigenvalue weighted by molar-refractivity contribution is 0.262. The van der Waals surface area contributed by atoms with Crippen LogP contribution in [-0.4, -0.2) is 6.03 Å². The summed E-state index contributed by atoms with van der Waals surface area (Å²) in [5.74, 6) is 0. The molecule has 0 spiro atoms. The van der Waals surface area contributed by atoms with E-state index in [2.05, 4.69) is 10.6 Å². The van der Waals surface area contributed by atoms with Crippen molar-refractivity contribution in [2.24, 2.45) is 0 Å². The number of amides is 2. The van der Waals surface area contributed by atoms with Crippen LogP contribution in [0.25, 0.3) is 0 Å². The number of hydrogen-bond donors (Lipinski definition) is 2. The monoisotopic (exact) mass is 339 g/mol. The van der Waals surface area contributed by atoms with Crippen molar-refractivity contribution >= 4 is 52.2 Å². The highest BCUT2D eigenvalue weighted by molar-refractivity contribution is 6.36. The molecule has 0 aliphatic carbocycles. The molecule has 7 heteroatoms. The van der Waals surface area contributed by atoms with E-state index >= 15 is 0 Å². The fourth-order valence-corrected chi connectivity index (χ4v) is 2.12. The molecule has 0 bridgehead atoms. The topological polar surface area (TPSA) is 64.9 Å². The zero-order valence-corrected chi connectivity index (χ0v) is 12.7. The van der Waals surface area contributed by atoms with Crippen LogP contribution >= 0.6 is 34.8 Å². The third-order valence-electron chi connectivity index (χ3n) is 2.52. The van der Waals surface area contributed by atoms with Crippen molar-refractivity contribution in [2.45, 2.75) is 0 Å². The Kier molecular flexibility index (Phi) is 4.92. The summed E-state index contributed by atoms with van der Waals surface area (Å²) in [4.78, 5) is 11.9. The summed E-state index contributed by atoms with van der Waals surface area (Å²) in [6, 6.07) is 10.7. The number of nitrogens with zero attached hydrogens (tertiary/aromatic N) is 1. The van der Waals surface area contributed by atoms with Gasteiger partial charge < -0.3 is 10.6 Å². The summed E-state index contributed by atoms with van der Waals surface area (Å²) >= 11 is 17.8. The summed E-state index contributed by atoms with van der Waals surface area (Å²) in [5.41, 5.74) is 1.17. The highest BCUT2D eigenvalue weighted by Gasteiger charge is 2.09. The molecule has 2 amide bonds. The van der Waals surface area contributed by atoms with Crippen molar-refractivity contribution in [1.82, 2.24) is 0 Å². The van der Waals surface area contributed by atoms with E-state index in [1.165, 1.54) is 12.1 Å². The first-order valence-corrected chi connectivity index (χ1v) is 6.85. The maximum Gasteiger partial charge on any atom is 0.323 e. The van der Waals surface area contributed by atoms with Gasteiger partial charge in [-0.15, -0.1) is 0 Å². The van der Waals surface area contributed by atoms with E-state index in [-0.39, 0.29) is 5.02 Å². The molecule has 0 aliphatic heterocycles. The third-order valence-corrected chi connectivity index (χ3v) is 3.40. The van der Waals surface area contributed by atoms with Gasteiger partial charge in [-0.2, -0.15) is 5.26 Å². The third kappa shape index (κ3) is 4.02. The largest absolute Gasteiger partial charge is 0.323 e. The van der Waals surface area contributed by atoms with Gasteiger partial charge >= 0.3 is 6.03 Å². The van der Waals surface area contributed by atoms with E-state index in [1.807, 2.05) is 6.07 Å². The number of nitrogens with one attached hydrogen (secondary N) is 2. The molecule has 0 radical (unpaired) electrons. The van der Waals surface area contributed by atoms with Crippen molar-refractivity contribution in [3.05, 3.63) is 57.0 Å². The fraction of sp³-hybridized carbons (Fsp3) is 0. The van der Waals surface area contributed by atoms with Crippen molar-refractivity contribution in [3.8, 4) is 6.07 Å². The Bertz CT molecular complexity index is 741. The lowest BCUT2D eigenvalue weighted by Gasteiger charge is -2.10. The number of halogens is 3. The lowest BCUT2D eigenvalue weighted by atomic mass is 10.2. The minimum Gasteiger partial charge on any atom is -0.306 e. The first kappa shape index (κ1) is 15.5. The summed E-state index contributed by atoms with van der Waals surface area (Å²) in [5, 5.41) is 15.0. The summed E-state index contributed by atoms with van der Waals surface area (Å²) in [6.07, 6.45) is 0. The molecule has 0 saturated heterocycles. The Morgan fingerprint density at radius 2 is 1.67 bits per heavy atom. The number of hydrogen-bond acceptors (Lipinski definition) is 2. The second kappa shape index (κ2) is 6.68. The molecule has 106 valence electrons. The Morgan fingerprint density at radius 3 is 2.33 bits per heavy atom. The molecule has 0 aromatic heterocycles.